The van der Waals surface area contributed by atoms with Gasteiger partial charge in [-0.15, -0.1) is 11.3 Å². The summed E-state index contributed by atoms with van der Waals surface area (Å²) in [6.45, 7) is 3.94. The van der Waals surface area contributed by atoms with Crippen LogP contribution in [0.25, 0.3) is 0 Å². The molecule has 0 fully saturated rings. The maximum absolute atomic E-state index is 9.46. The first-order valence-electron chi connectivity index (χ1n) is 6.47. The second kappa shape index (κ2) is 6.17. The Kier molecular flexibility index (Phi) is 4.56. The number of aliphatic hydroxyl groups excluding tert-OH is 1. The van der Waals surface area contributed by atoms with Gasteiger partial charge < -0.3 is 10.0 Å². The number of thiophene rings is 1. The van der Waals surface area contributed by atoms with E-state index in [0.29, 0.717) is 11.7 Å². The number of likely N-dealkylation sites (N-methyl/N-ethyl adjacent to an activating group) is 1. The minimum Gasteiger partial charge on any atom is -0.387 e. The van der Waals surface area contributed by atoms with E-state index in [1.165, 1.54) is 4.88 Å². The van der Waals surface area contributed by atoms with E-state index in [4.69, 9.17) is 0 Å². The molecule has 1 N–H and O–H groups in total. The quantitative estimate of drug-likeness (QED) is 0.910. The molecule has 0 saturated carbocycles. The van der Waals surface area contributed by atoms with E-state index in [0.717, 1.165) is 12.1 Å². The normalized spacial score (nSPS) is 14.1. The van der Waals surface area contributed by atoms with Crippen LogP contribution in [0.1, 0.15) is 30.5 Å². The van der Waals surface area contributed by atoms with Crippen molar-refractivity contribution in [3.63, 3.8) is 0 Å². The Morgan fingerprint density at radius 3 is 2.63 bits per heavy atom. The largest absolute Gasteiger partial charge is 0.387 e. The monoisotopic (exact) mass is 276 g/mol. The number of nitrogens with zero attached hydrogens (tertiary/aromatic N) is 2. The van der Waals surface area contributed by atoms with Crippen molar-refractivity contribution in [3.8, 4) is 0 Å². The van der Waals surface area contributed by atoms with Crippen LogP contribution in [0.4, 0.5) is 5.69 Å². The average molecular weight is 276 g/mol. The number of aliphatic hydroxyl groups is 1. The molecular weight excluding hydrogens is 256 g/mol. The molecule has 0 spiro atoms. The molecule has 1 unspecified atom stereocenters. The maximum Gasteiger partial charge on any atom is 0.0931 e. The summed E-state index contributed by atoms with van der Waals surface area (Å²) in [6.07, 6.45) is 2.35. The molecular formula is C15H20N2OS. The lowest BCUT2D eigenvalue weighted by atomic mass is 10.1. The molecule has 4 heteroatoms. The van der Waals surface area contributed by atoms with Gasteiger partial charge in [-0.2, -0.15) is 0 Å². The van der Waals surface area contributed by atoms with Gasteiger partial charge in [0.1, 0.15) is 0 Å². The second-order valence-corrected chi connectivity index (χ2v) is 5.89. The predicted octanol–water partition coefficient (Wildman–Crippen LogP) is 3.26. The third-order valence-electron chi connectivity index (χ3n) is 3.34. The molecule has 0 radical (unpaired) electrons. The van der Waals surface area contributed by atoms with Gasteiger partial charge in [-0.1, -0.05) is 6.07 Å². The van der Waals surface area contributed by atoms with Crippen LogP contribution in [-0.2, 0) is 6.42 Å². The standard InChI is InChI=1S/C15H20N2OS/c1-11(9-14-5-4-8-19-14)17(3)13-6-7-15(12(2)18)16-10-13/h4-8,10-12,18H,9H2,1-3H3/t11?,12-/m1/s1. The molecule has 0 bridgehead atoms. The third kappa shape index (κ3) is 3.55. The fourth-order valence-electron chi connectivity index (χ4n) is 1.96. The second-order valence-electron chi connectivity index (χ2n) is 4.86. The van der Waals surface area contributed by atoms with Crippen molar-refractivity contribution in [2.75, 3.05) is 11.9 Å². The Hall–Kier alpha value is -1.39. The lowest BCUT2D eigenvalue weighted by Gasteiger charge is -2.26. The van der Waals surface area contributed by atoms with Gasteiger partial charge in [0.25, 0.3) is 0 Å². The molecule has 2 aromatic rings. The van der Waals surface area contributed by atoms with Crippen molar-refractivity contribution >= 4 is 17.0 Å². The average Bonchev–Trinajstić information content (AvgIpc) is 2.90. The van der Waals surface area contributed by atoms with E-state index < -0.39 is 6.10 Å². The van der Waals surface area contributed by atoms with Crippen LogP contribution < -0.4 is 4.90 Å². The molecule has 0 aliphatic rings. The van der Waals surface area contributed by atoms with Crippen LogP contribution in [0.5, 0.6) is 0 Å². The number of pyridine rings is 1. The highest BCUT2D eigenvalue weighted by atomic mass is 32.1. The highest BCUT2D eigenvalue weighted by molar-refractivity contribution is 7.09. The van der Waals surface area contributed by atoms with Crippen LogP contribution in [0, 0.1) is 0 Å². The predicted molar refractivity (Wildman–Crippen MR) is 80.8 cm³/mol. The lowest BCUT2D eigenvalue weighted by Crippen LogP contribution is -2.30. The van der Waals surface area contributed by atoms with Gasteiger partial charge in [0.2, 0.25) is 0 Å². The fourth-order valence-corrected chi connectivity index (χ4v) is 2.79. The molecule has 0 aliphatic carbocycles. The Balaban J connectivity index is 2.04. The van der Waals surface area contributed by atoms with Gasteiger partial charge in [-0.3, -0.25) is 4.98 Å². The topological polar surface area (TPSA) is 36.4 Å². The summed E-state index contributed by atoms with van der Waals surface area (Å²) in [5.41, 5.74) is 1.79. The molecule has 102 valence electrons. The van der Waals surface area contributed by atoms with Gasteiger partial charge in [-0.25, -0.2) is 0 Å². The molecule has 2 heterocycles. The van der Waals surface area contributed by atoms with Gasteiger partial charge in [0.05, 0.1) is 23.7 Å². The van der Waals surface area contributed by atoms with Crippen LogP contribution in [0.15, 0.2) is 35.8 Å². The van der Waals surface area contributed by atoms with Crippen molar-refractivity contribution in [1.29, 1.82) is 0 Å². The van der Waals surface area contributed by atoms with Gasteiger partial charge in [-0.05, 0) is 37.4 Å². The first-order valence-corrected chi connectivity index (χ1v) is 7.35. The Morgan fingerprint density at radius 2 is 2.11 bits per heavy atom. The van der Waals surface area contributed by atoms with E-state index >= 15 is 0 Å². The first-order chi connectivity index (χ1) is 9.08. The minimum atomic E-state index is -0.511. The van der Waals surface area contributed by atoms with Crippen molar-refractivity contribution in [3.05, 3.63) is 46.4 Å². The SMILES string of the molecule is CC(Cc1cccs1)N(C)c1ccc([C@@H](C)O)nc1. The number of rotatable bonds is 5. The Bertz CT molecular complexity index is 493. The van der Waals surface area contributed by atoms with Crippen LogP contribution in [0.2, 0.25) is 0 Å². The molecule has 3 nitrogen and oxygen atoms in total. The fraction of sp³-hybridized carbons (Fsp3) is 0.400. The van der Waals surface area contributed by atoms with Crippen molar-refractivity contribution < 1.29 is 5.11 Å². The third-order valence-corrected chi connectivity index (χ3v) is 4.24. The van der Waals surface area contributed by atoms with Gasteiger partial charge in [0.15, 0.2) is 0 Å². The van der Waals surface area contributed by atoms with E-state index in [1.807, 2.05) is 18.3 Å². The van der Waals surface area contributed by atoms with E-state index in [2.05, 4.69) is 41.4 Å². The van der Waals surface area contributed by atoms with Crippen LogP contribution >= 0.6 is 11.3 Å². The van der Waals surface area contributed by atoms with Gasteiger partial charge in [0, 0.05) is 24.4 Å². The van der Waals surface area contributed by atoms with E-state index in [9.17, 15) is 5.11 Å². The summed E-state index contributed by atoms with van der Waals surface area (Å²) in [5.74, 6) is 0. The van der Waals surface area contributed by atoms with Crippen molar-refractivity contribution in [2.24, 2.45) is 0 Å². The molecule has 0 saturated heterocycles. The zero-order chi connectivity index (χ0) is 13.8. The number of hydrogen-bond donors (Lipinski definition) is 1. The molecule has 0 amide bonds. The first kappa shape index (κ1) is 14.0. The summed E-state index contributed by atoms with van der Waals surface area (Å²) < 4.78 is 0. The molecule has 2 aromatic heterocycles. The molecule has 0 aromatic carbocycles. The van der Waals surface area contributed by atoms with Crippen molar-refractivity contribution in [2.45, 2.75) is 32.4 Å². The molecule has 19 heavy (non-hydrogen) atoms. The summed E-state index contributed by atoms with van der Waals surface area (Å²) in [4.78, 5) is 7.91. The number of hydrogen-bond acceptors (Lipinski definition) is 4. The number of anilines is 1. The smallest absolute Gasteiger partial charge is 0.0931 e. The molecule has 2 rings (SSSR count). The van der Waals surface area contributed by atoms with E-state index in [1.54, 1.807) is 18.3 Å². The highest BCUT2D eigenvalue weighted by Gasteiger charge is 2.12. The van der Waals surface area contributed by atoms with Gasteiger partial charge >= 0.3 is 0 Å². The molecule has 0 aliphatic heterocycles. The Morgan fingerprint density at radius 1 is 1.32 bits per heavy atom. The zero-order valence-corrected chi connectivity index (χ0v) is 12.4. The highest BCUT2D eigenvalue weighted by Crippen LogP contribution is 2.20. The van der Waals surface area contributed by atoms with E-state index in [-0.39, 0.29) is 0 Å². The molecule has 2 atom stereocenters. The Labute approximate surface area is 118 Å². The lowest BCUT2D eigenvalue weighted by molar-refractivity contribution is 0.194. The van der Waals surface area contributed by atoms with Crippen LogP contribution in [0.3, 0.4) is 0 Å². The summed E-state index contributed by atoms with van der Waals surface area (Å²) >= 11 is 1.79. The van der Waals surface area contributed by atoms with Crippen molar-refractivity contribution in [1.82, 2.24) is 4.98 Å². The number of aromatic nitrogens is 1. The summed E-state index contributed by atoms with van der Waals surface area (Å²) in [6, 6.07) is 8.57. The zero-order valence-electron chi connectivity index (χ0n) is 11.6. The maximum atomic E-state index is 9.46. The summed E-state index contributed by atoms with van der Waals surface area (Å²) in [7, 11) is 2.08. The minimum absolute atomic E-state index is 0.415. The van der Waals surface area contributed by atoms with Crippen LogP contribution in [-0.4, -0.2) is 23.2 Å². The summed E-state index contributed by atoms with van der Waals surface area (Å²) in [5, 5.41) is 11.6.